The SMILES string of the molecule is CN/C=C\C(=N)COc1ncc(F)c(NC(=S)N(N)c2ccccc2F)n1. The Morgan fingerprint density at radius 1 is 1.37 bits per heavy atom. The molecule has 27 heavy (non-hydrogen) atoms. The lowest BCUT2D eigenvalue weighted by Crippen LogP contribution is -2.41. The van der Waals surface area contributed by atoms with Crippen LogP contribution in [0.1, 0.15) is 0 Å². The van der Waals surface area contributed by atoms with Crippen molar-refractivity contribution in [1.82, 2.24) is 15.3 Å². The number of ether oxygens (including phenoxy) is 1. The fraction of sp³-hybridized carbons (Fsp3) is 0.125. The smallest absolute Gasteiger partial charge is 0.318 e. The molecule has 0 saturated heterocycles. The van der Waals surface area contributed by atoms with Gasteiger partial charge in [0.1, 0.15) is 12.4 Å². The predicted molar refractivity (Wildman–Crippen MR) is 103 cm³/mol. The molecule has 1 aromatic heterocycles. The highest BCUT2D eigenvalue weighted by Gasteiger charge is 2.16. The molecule has 142 valence electrons. The standard InChI is InChI=1S/C16H17F2N7OS/c1-21-7-6-10(19)9-26-15-22-8-12(18)14(23-15)24-16(27)25(20)13-5-3-2-4-11(13)17/h2-8,19,21H,9,20H2,1H3,(H,22,23,24,27)/b7-6-,19-10?. The second-order valence-corrected chi connectivity index (χ2v) is 5.42. The van der Waals surface area contributed by atoms with Crippen LogP contribution in [0.2, 0.25) is 0 Å². The summed E-state index contributed by atoms with van der Waals surface area (Å²) in [5, 5.41) is 13.5. The Balaban J connectivity index is 2.07. The Labute approximate surface area is 159 Å². The number of halogens is 2. The van der Waals surface area contributed by atoms with Gasteiger partial charge >= 0.3 is 6.01 Å². The van der Waals surface area contributed by atoms with Crippen LogP contribution >= 0.6 is 12.2 Å². The lowest BCUT2D eigenvalue weighted by atomic mass is 10.3. The Kier molecular flexibility index (Phi) is 7.08. The third-order valence-corrected chi connectivity index (χ3v) is 3.38. The molecule has 2 rings (SSSR count). The number of nitrogens with two attached hydrogens (primary N) is 1. The maximum absolute atomic E-state index is 13.9. The molecule has 0 saturated carbocycles. The van der Waals surface area contributed by atoms with E-state index in [1.165, 1.54) is 24.3 Å². The van der Waals surface area contributed by atoms with Crippen LogP contribution in [0.3, 0.4) is 0 Å². The fourth-order valence-corrected chi connectivity index (χ4v) is 2.00. The highest BCUT2D eigenvalue weighted by atomic mass is 32.1. The van der Waals surface area contributed by atoms with E-state index in [9.17, 15) is 8.78 Å². The largest absolute Gasteiger partial charge is 0.457 e. The van der Waals surface area contributed by atoms with E-state index in [-0.39, 0.29) is 34.9 Å². The minimum atomic E-state index is -0.809. The first-order chi connectivity index (χ1) is 12.9. The van der Waals surface area contributed by atoms with E-state index in [1.807, 2.05) is 0 Å². The molecule has 0 amide bonds. The van der Waals surface area contributed by atoms with Crippen molar-refractivity contribution in [2.75, 3.05) is 24.0 Å². The number of thiocarbonyl (C=S) groups is 1. The Hall–Kier alpha value is -3.18. The third kappa shape index (κ3) is 5.66. The summed E-state index contributed by atoms with van der Waals surface area (Å²) in [6.45, 7) is -0.119. The topological polar surface area (TPSA) is 112 Å². The van der Waals surface area contributed by atoms with Crippen molar-refractivity contribution in [1.29, 1.82) is 5.41 Å². The normalized spacial score (nSPS) is 10.5. The molecule has 0 fully saturated rings. The summed E-state index contributed by atoms with van der Waals surface area (Å²) in [5.41, 5.74) is 0.153. The highest BCUT2D eigenvalue weighted by molar-refractivity contribution is 7.80. The van der Waals surface area contributed by atoms with Gasteiger partial charge < -0.3 is 20.8 Å². The molecule has 0 aliphatic rings. The zero-order valence-corrected chi connectivity index (χ0v) is 15.1. The van der Waals surface area contributed by atoms with Crippen molar-refractivity contribution in [2.24, 2.45) is 5.84 Å². The molecular weight excluding hydrogens is 376 g/mol. The number of hydrazine groups is 1. The first-order valence-electron chi connectivity index (χ1n) is 7.59. The summed E-state index contributed by atoms with van der Waals surface area (Å²) in [6.07, 6.45) is 3.92. The van der Waals surface area contributed by atoms with E-state index in [4.69, 9.17) is 28.2 Å². The molecule has 11 heteroatoms. The zero-order chi connectivity index (χ0) is 19.8. The summed E-state index contributed by atoms with van der Waals surface area (Å²) in [6, 6.07) is 5.54. The van der Waals surface area contributed by atoms with Crippen molar-refractivity contribution in [2.45, 2.75) is 0 Å². The molecule has 0 spiro atoms. The molecule has 1 aromatic carbocycles. The third-order valence-electron chi connectivity index (χ3n) is 3.09. The van der Waals surface area contributed by atoms with E-state index in [2.05, 4.69) is 20.6 Å². The summed E-state index contributed by atoms with van der Waals surface area (Å²) in [4.78, 5) is 7.53. The van der Waals surface area contributed by atoms with Crippen molar-refractivity contribution in [3.8, 4) is 6.01 Å². The average Bonchev–Trinajstić information content (AvgIpc) is 2.66. The maximum atomic E-state index is 13.9. The fourth-order valence-electron chi connectivity index (χ4n) is 1.80. The van der Waals surface area contributed by atoms with Crippen LogP contribution in [-0.2, 0) is 0 Å². The van der Waals surface area contributed by atoms with Crippen LogP contribution in [0.4, 0.5) is 20.3 Å². The number of benzene rings is 1. The number of para-hydroxylation sites is 1. The summed E-state index contributed by atoms with van der Waals surface area (Å²) in [7, 11) is 1.69. The Morgan fingerprint density at radius 3 is 2.81 bits per heavy atom. The number of aromatic nitrogens is 2. The number of nitrogens with one attached hydrogen (secondary N) is 3. The second-order valence-electron chi connectivity index (χ2n) is 5.04. The monoisotopic (exact) mass is 393 g/mol. The van der Waals surface area contributed by atoms with Gasteiger partial charge in [0.15, 0.2) is 16.7 Å². The van der Waals surface area contributed by atoms with E-state index in [0.717, 1.165) is 11.2 Å². The molecule has 0 bridgehead atoms. The minimum Gasteiger partial charge on any atom is -0.457 e. The lowest BCUT2D eigenvalue weighted by Gasteiger charge is -2.20. The van der Waals surface area contributed by atoms with Crippen LogP contribution in [0.5, 0.6) is 6.01 Å². The maximum Gasteiger partial charge on any atom is 0.318 e. The van der Waals surface area contributed by atoms with Crippen LogP contribution in [0.25, 0.3) is 0 Å². The van der Waals surface area contributed by atoms with Gasteiger partial charge in [0.2, 0.25) is 0 Å². The molecule has 1 heterocycles. The molecular formula is C16H17F2N7OS. The Bertz CT molecular complexity index is 862. The van der Waals surface area contributed by atoms with Crippen LogP contribution in [0, 0.1) is 17.0 Å². The number of hydrogen-bond acceptors (Lipinski definition) is 7. The molecule has 0 aliphatic carbocycles. The summed E-state index contributed by atoms with van der Waals surface area (Å²) < 4.78 is 33.0. The average molecular weight is 393 g/mol. The first kappa shape index (κ1) is 20.1. The molecule has 5 N–H and O–H groups in total. The quantitative estimate of drug-likeness (QED) is 0.244. The number of nitrogens with zero attached hydrogens (tertiary/aromatic N) is 3. The predicted octanol–water partition coefficient (Wildman–Crippen LogP) is 1.96. The number of hydrogen-bond donors (Lipinski definition) is 4. The highest BCUT2D eigenvalue weighted by Crippen LogP contribution is 2.18. The van der Waals surface area contributed by atoms with E-state index in [1.54, 1.807) is 19.3 Å². The second kappa shape index (κ2) is 9.50. The van der Waals surface area contributed by atoms with Crippen LogP contribution < -0.4 is 26.2 Å². The molecule has 0 unspecified atom stereocenters. The van der Waals surface area contributed by atoms with Gasteiger partial charge in [0.25, 0.3) is 0 Å². The number of anilines is 2. The molecule has 8 nitrogen and oxygen atoms in total. The molecule has 0 radical (unpaired) electrons. The Morgan fingerprint density at radius 2 is 2.11 bits per heavy atom. The first-order valence-corrected chi connectivity index (χ1v) is 8.00. The summed E-state index contributed by atoms with van der Waals surface area (Å²) >= 11 is 5.06. The minimum absolute atomic E-state index is 0.00528. The van der Waals surface area contributed by atoms with Gasteiger partial charge in [-0.2, -0.15) is 4.98 Å². The summed E-state index contributed by atoms with van der Waals surface area (Å²) in [5.74, 6) is 4.07. The van der Waals surface area contributed by atoms with Gasteiger partial charge in [0.05, 0.1) is 17.6 Å². The van der Waals surface area contributed by atoms with Gasteiger partial charge in [-0.25, -0.2) is 19.6 Å². The molecule has 0 aliphatic heterocycles. The molecule has 0 atom stereocenters. The van der Waals surface area contributed by atoms with Crippen molar-refractivity contribution < 1.29 is 13.5 Å². The zero-order valence-electron chi connectivity index (χ0n) is 14.2. The van der Waals surface area contributed by atoms with Crippen molar-refractivity contribution in [3.63, 3.8) is 0 Å². The van der Waals surface area contributed by atoms with E-state index >= 15 is 0 Å². The van der Waals surface area contributed by atoms with Gasteiger partial charge in [0, 0.05) is 7.05 Å². The molecule has 2 aromatic rings. The number of rotatable bonds is 7. The van der Waals surface area contributed by atoms with Crippen LogP contribution in [0.15, 0.2) is 42.7 Å². The van der Waals surface area contributed by atoms with E-state index < -0.39 is 11.6 Å². The van der Waals surface area contributed by atoms with Gasteiger partial charge in [-0.15, -0.1) is 0 Å². The lowest BCUT2D eigenvalue weighted by molar-refractivity contribution is 0.344. The van der Waals surface area contributed by atoms with Crippen molar-refractivity contribution >= 4 is 34.5 Å². The van der Waals surface area contributed by atoms with Gasteiger partial charge in [-0.1, -0.05) is 12.1 Å². The van der Waals surface area contributed by atoms with Crippen LogP contribution in [-0.4, -0.2) is 34.4 Å². The van der Waals surface area contributed by atoms with Crippen molar-refractivity contribution in [3.05, 3.63) is 54.4 Å². The van der Waals surface area contributed by atoms with Gasteiger partial charge in [-0.3, -0.25) is 5.01 Å². The van der Waals surface area contributed by atoms with Gasteiger partial charge in [-0.05, 0) is 36.6 Å². The van der Waals surface area contributed by atoms with E-state index in [0.29, 0.717) is 0 Å².